The molecular formula is C19H25N3OS. The number of aromatic nitrogens is 2. The number of carbonyl (C=O) groups is 1. The van der Waals surface area contributed by atoms with Crippen LogP contribution in [0.15, 0.2) is 23.4 Å². The quantitative estimate of drug-likeness (QED) is 0.476. The standard InChI is InChI=1S/C19H25N3OS/c1-12-8-6-9-13(2)18(12)22-17(23)10-7-11-24-19-20-15(4)14(3)16(5)21-19/h6,8-9H,7,10-11H2,1-5H3,(H,22,23). The van der Waals surface area contributed by atoms with Gasteiger partial charge in [0.25, 0.3) is 0 Å². The highest BCUT2D eigenvalue weighted by Crippen LogP contribution is 2.21. The van der Waals surface area contributed by atoms with Crippen molar-refractivity contribution in [2.24, 2.45) is 0 Å². The molecule has 0 spiro atoms. The van der Waals surface area contributed by atoms with Gasteiger partial charge in [-0.3, -0.25) is 4.79 Å². The number of amides is 1. The molecule has 0 fully saturated rings. The summed E-state index contributed by atoms with van der Waals surface area (Å²) in [5.74, 6) is 0.896. The Morgan fingerprint density at radius 1 is 1.04 bits per heavy atom. The average Bonchev–Trinajstić information content (AvgIpc) is 2.53. The number of rotatable bonds is 6. The Morgan fingerprint density at radius 3 is 2.21 bits per heavy atom. The molecule has 128 valence electrons. The maximum Gasteiger partial charge on any atom is 0.224 e. The minimum absolute atomic E-state index is 0.0604. The number of hydrogen-bond donors (Lipinski definition) is 1. The fourth-order valence-corrected chi connectivity index (χ4v) is 3.29. The Kier molecular flexibility index (Phi) is 6.37. The van der Waals surface area contributed by atoms with Crippen molar-refractivity contribution >= 4 is 23.4 Å². The largest absolute Gasteiger partial charge is 0.326 e. The summed E-state index contributed by atoms with van der Waals surface area (Å²) in [4.78, 5) is 21.1. The van der Waals surface area contributed by atoms with Gasteiger partial charge in [-0.2, -0.15) is 0 Å². The molecule has 0 atom stereocenters. The highest BCUT2D eigenvalue weighted by Gasteiger charge is 2.08. The Balaban J connectivity index is 1.81. The summed E-state index contributed by atoms with van der Waals surface area (Å²) in [5.41, 5.74) is 6.32. The van der Waals surface area contributed by atoms with Gasteiger partial charge in [-0.1, -0.05) is 30.0 Å². The second-order valence-corrected chi connectivity index (χ2v) is 7.13. The smallest absolute Gasteiger partial charge is 0.224 e. The molecule has 0 radical (unpaired) electrons. The average molecular weight is 343 g/mol. The van der Waals surface area contributed by atoms with E-state index in [9.17, 15) is 4.79 Å². The number of aryl methyl sites for hydroxylation is 4. The molecule has 2 rings (SSSR count). The van der Waals surface area contributed by atoms with Crippen molar-refractivity contribution in [2.75, 3.05) is 11.1 Å². The van der Waals surface area contributed by atoms with Crippen molar-refractivity contribution in [2.45, 2.75) is 52.6 Å². The minimum Gasteiger partial charge on any atom is -0.326 e. The van der Waals surface area contributed by atoms with Crippen molar-refractivity contribution in [1.82, 2.24) is 9.97 Å². The molecular weight excluding hydrogens is 318 g/mol. The topological polar surface area (TPSA) is 54.9 Å². The van der Waals surface area contributed by atoms with E-state index < -0.39 is 0 Å². The predicted octanol–water partition coefficient (Wildman–Crippen LogP) is 4.53. The molecule has 0 saturated heterocycles. The van der Waals surface area contributed by atoms with Gasteiger partial charge in [0.15, 0.2) is 5.16 Å². The number of benzene rings is 1. The van der Waals surface area contributed by atoms with Crippen molar-refractivity contribution in [1.29, 1.82) is 0 Å². The first-order valence-electron chi connectivity index (χ1n) is 8.19. The molecule has 4 nitrogen and oxygen atoms in total. The van der Waals surface area contributed by atoms with Gasteiger partial charge in [0.1, 0.15) is 0 Å². The summed E-state index contributed by atoms with van der Waals surface area (Å²) < 4.78 is 0. The summed E-state index contributed by atoms with van der Waals surface area (Å²) in [5, 5.41) is 3.82. The lowest BCUT2D eigenvalue weighted by Crippen LogP contribution is -2.13. The minimum atomic E-state index is 0.0604. The highest BCUT2D eigenvalue weighted by molar-refractivity contribution is 7.99. The molecule has 1 amide bonds. The van der Waals surface area contributed by atoms with Crippen LogP contribution in [0.5, 0.6) is 0 Å². The van der Waals surface area contributed by atoms with Crippen molar-refractivity contribution in [3.63, 3.8) is 0 Å². The van der Waals surface area contributed by atoms with Crippen LogP contribution in [0.4, 0.5) is 5.69 Å². The zero-order valence-electron chi connectivity index (χ0n) is 15.1. The van der Waals surface area contributed by atoms with Crippen molar-refractivity contribution in [3.05, 3.63) is 46.3 Å². The molecule has 24 heavy (non-hydrogen) atoms. The number of anilines is 1. The zero-order chi connectivity index (χ0) is 17.7. The van der Waals surface area contributed by atoms with Crippen LogP contribution in [0.25, 0.3) is 0 Å². The molecule has 2 aromatic rings. The van der Waals surface area contributed by atoms with Crippen LogP contribution < -0.4 is 5.32 Å². The van der Waals surface area contributed by atoms with Gasteiger partial charge in [0, 0.05) is 29.2 Å². The third-order valence-corrected chi connectivity index (χ3v) is 5.07. The van der Waals surface area contributed by atoms with Crippen molar-refractivity contribution in [3.8, 4) is 0 Å². The molecule has 1 heterocycles. The lowest BCUT2D eigenvalue weighted by molar-refractivity contribution is -0.116. The van der Waals surface area contributed by atoms with Gasteiger partial charge >= 0.3 is 0 Å². The number of hydrogen-bond acceptors (Lipinski definition) is 4. The second kappa shape index (κ2) is 8.29. The summed E-state index contributed by atoms with van der Waals surface area (Å²) in [6, 6.07) is 6.03. The zero-order valence-corrected chi connectivity index (χ0v) is 15.9. The van der Waals surface area contributed by atoms with E-state index in [1.54, 1.807) is 11.8 Å². The van der Waals surface area contributed by atoms with Gasteiger partial charge in [-0.15, -0.1) is 0 Å². The third-order valence-electron chi connectivity index (χ3n) is 4.14. The van der Waals surface area contributed by atoms with Crippen LogP contribution in [0.2, 0.25) is 0 Å². The molecule has 0 aliphatic heterocycles. The van der Waals surface area contributed by atoms with E-state index in [1.807, 2.05) is 52.8 Å². The molecule has 1 N–H and O–H groups in total. The molecule has 0 unspecified atom stereocenters. The third kappa shape index (κ3) is 4.81. The van der Waals surface area contributed by atoms with Gasteiger partial charge in [-0.25, -0.2) is 9.97 Å². The fourth-order valence-electron chi connectivity index (χ4n) is 2.42. The Bertz CT molecular complexity index is 700. The predicted molar refractivity (Wildman–Crippen MR) is 101 cm³/mol. The molecule has 0 aliphatic rings. The first-order valence-corrected chi connectivity index (χ1v) is 9.17. The molecule has 1 aromatic carbocycles. The number of para-hydroxylation sites is 1. The maximum absolute atomic E-state index is 12.1. The normalized spacial score (nSPS) is 10.7. The van der Waals surface area contributed by atoms with E-state index in [-0.39, 0.29) is 5.91 Å². The van der Waals surface area contributed by atoms with Crippen LogP contribution in [-0.2, 0) is 4.79 Å². The lowest BCUT2D eigenvalue weighted by Gasteiger charge is -2.11. The number of thioether (sulfide) groups is 1. The molecule has 0 saturated carbocycles. The monoisotopic (exact) mass is 343 g/mol. The Labute approximate surface area is 148 Å². The number of carbonyl (C=O) groups excluding carboxylic acids is 1. The van der Waals surface area contributed by atoms with Gasteiger partial charge < -0.3 is 5.32 Å². The second-order valence-electron chi connectivity index (χ2n) is 6.07. The van der Waals surface area contributed by atoms with Gasteiger partial charge in [-0.05, 0) is 57.7 Å². The van der Waals surface area contributed by atoms with Crippen LogP contribution in [0.3, 0.4) is 0 Å². The molecule has 0 aliphatic carbocycles. The van der Waals surface area contributed by atoms with E-state index in [0.29, 0.717) is 6.42 Å². The van der Waals surface area contributed by atoms with Gasteiger partial charge in [0.05, 0.1) is 0 Å². The lowest BCUT2D eigenvalue weighted by atomic mass is 10.1. The highest BCUT2D eigenvalue weighted by atomic mass is 32.2. The first kappa shape index (κ1) is 18.5. The first-order chi connectivity index (χ1) is 11.4. The Morgan fingerprint density at radius 2 is 1.62 bits per heavy atom. The van der Waals surface area contributed by atoms with E-state index in [1.165, 1.54) is 0 Å². The van der Waals surface area contributed by atoms with Gasteiger partial charge in [0.2, 0.25) is 5.91 Å². The molecule has 1 aromatic heterocycles. The summed E-state index contributed by atoms with van der Waals surface area (Å²) in [6.07, 6.45) is 1.31. The number of nitrogens with one attached hydrogen (secondary N) is 1. The van der Waals surface area contributed by atoms with Crippen LogP contribution >= 0.6 is 11.8 Å². The van der Waals surface area contributed by atoms with E-state index in [0.717, 1.165) is 51.1 Å². The van der Waals surface area contributed by atoms with E-state index >= 15 is 0 Å². The van der Waals surface area contributed by atoms with E-state index in [4.69, 9.17) is 0 Å². The van der Waals surface area contributed by atoms with Crippen LogP contribution in [0, 0.1) is 34.6 Å². The van der Waals surface area contributed by atoms with Crippen molar-refractivity contribution < 1.29 is 4.79 Å². The van der Waals surface area contributed by atoms with Crippen LogP contribution in [-0.4, -0.2) is 21.6 Å². The molecule has 5 heteroatoms. The summed E-state index contributed by atoms with van der Waals surface area (Å²) >= 11 is 1.61. The Hall–Kier alpha value is -1.88. The van der Waals surface area contributed by atoms with E-state index in [2.05, 4.69) is 15.3 Å². The molecule has 0 bridgehead atoms. The number of nitrogens with zero attached hydrogens (tertiary/aromatic N) is 2. The summed E-state index contributed by atoms with van der Waals surface area (Å²) in [6.45, 7) is 10.1. The maximum atomic E-state index is 12.1. The summed E-state index contributed by atoms with van der Waals surface area (Å²) in [7, 11) is 0. The fraction of sp³-hybridized carbons (Fsp3) is 0.421. The SMILES string of the molecule is Cc1cccc(C)c1NC(=O)CCCSc1nc(C)c(C)c(C)n1. The van der Waals surface area contributed by atoms with Crippen LogP contribution in [0.1, 0.15) is 40.9 Å².